The van der Waals surface area contributed by atoms with Crippen LogP contribution in [-0.4, -0.2) is 24.4 Å². The van der Waals surface area contributed by atoms with E-state index >= 15 is 0 Å². The van der Waals surface area contributed by atoms with Crippen molar-refractivity contribution in [3.63, 3.8) is 0 Å². The van der Waals surface area contributed by atoms with Crippen molar-refractivity contribution in [2.24, 2.45) is 11.8 Å². The molecule has 3 aromatic carbocycles. The molecule has 40 heavy (non-hydrogen) atoms. The molecule has 0 radical (unpaired) electrons. The Kier molecular flexibility index (Phi) is 5.89. The second kappa shape index (κ2) is 8.89. The fraction of sp³-hybridized carbons (Fsp3) is 0.400. The summed E-state index contributed by atoms with van der Waals surface area (Å²) in [4.78, 5) is 42.3. The van der Waals surface area contributed by atoms with E-state index in [1.165, 1.54) is 16.0 Å². The van der Waals surface area contributed by atoms with E-state index in [1.807, 2.05) is 0 Å². The van der Waals surface area contributed by atoms with Crippen molar-refractivity contribution in [3.05, 3.63) is 99.6 Å². The summed E-state index contributed by atoms with van der Waals surface area (Å²) in [6.07, 6.45) is 0. The van der Waals surface area contributed by atoms with Gasteiger partial charge in [-0.25, -0.2) is 9.69 Å². The molecule has 0 unspecified atom stereocenters. The van der Waals surface area contributed by atoms with Crippen LogP contribution in [0.15, 0.2) is 60.7 Å². The highest BCUT2D eigenvalue weighted by atomic mass is 16.5. The molecule has 0 saturated carbocycles. The minimum absolute atomic E-state index is 0.0425. The van der Waals surface area contributed by atoms with Gasteiger partial charge >= 0.3 is 5.97 Å². The fourth-order valence-electron chi connectivity index (χ4n) is 6.95. The number of carbonyl (C=O) groups excluding carboxylic acids is 3. The molecule has 4 atom stereocenters. The molecule has 5 heteroatoms. The van der Waals surface area contributed by atoms with Gasteiger partial charge in [0.05, 0.1) is 29.7 Å². The van der Waals surface area contributed by atoms with Crippen LogP contribution in [0.5, 0.6) is 0 Å². The first-order valence-electron chi connectivity index (χ1n) is 14.3. The molecule has 5 nitrogen and oxygen atoms in total. The summed E-state index contributed by atoms with van der Waals surface area (Å²) in [7, 11) is 0. The van der Waals surface area contributed by atoms with E-state index in [0.717, 1.165) is 22.3 Å². The maximum absolute atomic E-state index is 14.3. The van der Waals surface area contributed by atoms with Crippen molar-refractivity contribution < 1.29 is 19.1 Å². The van der Waals surface area contributed by atoms with Crippen LogP contribution in [0.1, 0.15) is 104 Å². The smallest absolute Gasteiger partial charge is 0.338 e. The standard InChI is InChI=1S/C35H37NO4/c1-8-40-33(39)19-10-9-11-22(16-19)36-31(37)29-27-24-15-13-21(35(5,6)7)18-26(24)28(30(29)32(36)38)23-14-12-20(17-25(23)27)34(2,3)4/h9-18,27-30H,8H2,1-7H3/t27-,28+,29-,30+. The largest absolute Gasteiger partial charge is 0.462 e. The van der Waals surface area contributed by atoms with E-state index in [1.54, 1.807) is 31.2 Å². The second-order valence-electron chi connectivity index (χ2n) is 13.5. The molecule has 4 aliphatic rings. The van der Waals surface area contributed by atoms with Crippen LogP contribution >= 0.6 is 0 Å². The number of carbonyl (C=O) groups is 3. The predicted molar refractivity (Wildman–Crippen MR) is 156 cm³/mol. The SMILES string of the molecule is CCOC(=O)c1cccc(N2C(=O)[C@@H]3[C@H]4c5cc(C(C)(C)C)ccc5[C@@H](c5cc(C(C)(C)C)ccc54)[C@@H]3C2=O)c1. The van der Waals surface area contributed by atoms with Gasteiger partial charge in [-0.2, -0.15) is 0 Å². The molecule has 3 aromatic rings. The average molecular weight is 536 g/mol. The van der Waals surface area contributed by atoms with Crippen molar-refractivity contribution in [2.75, 3.05) is 11.5 Å². The molecular weight excluding hydrogens is 498 g/mol. The van der Waals surface area contributed by atoms with Crippen LogP contribution < -0.4 is 4.90 Å². The van der Waals surface area contributed by atoms with Crippen LogP contribution in [-0.2, 0) is 25.2 Å². The van der Waals surface area contributed by atoms with Gasteiger partial charge in [-0.1, -0.05) is 84.0 Å². The van der Waals surface area contributed by atoms with Crippen LogP contribution in [0.2, 0.25) is 0 Å². The molecule has 0 spiro atoms. The van der Waals surface area contributed by atoms with E-state index in [9.17, 15) is 14.4 Å². The van der Waals surface area contributed by atoms with Gasteiger partial charge in [-0.3, -0.25) is 9.59 Å². The summed E-state index contributed by atoms with van der Waals surface area (Å²) in [5.74, 6) is -2.23. The lowest BCUT2D eigenvalue weighted by Gasteiger charge is -2.47. The highest BCUT2D eigenvalue weighted by Crippen LogP contribution is 2.62. The molecule has 1 aliphatic heterocycles. The van der Waals surface area contributed by atoms with E-state index in [0.29, 0.717) is 11.3 Å². The lowest BCUT2D eigenvalue weighted by molar-refractivity contribution is -0.122. The Morgan fingerprint density at radius 1 is 0.725 bits per heavy atom. The van der Waals surface area contributed by atoms with E-state index in [2.05, 4.69) is 77.9 Å². The van der Waals surface area contributed by atoms with Gasteiger partial charge in [0.25, 0.3) is 0 Å². The number of imide groups is 1. The molecule has 2 bridgehead atoms. The third-order valence-corrected chi connectivity index (χ3v) is 8.98. The lowest BCUT2D eigenvalue weighted by Crippen LogP contribution is -2.42. The minimum Gasteiger partial charge on any atom is -0.462 e. The summed E-state index contributed by atoms with van der Waals surface area (Å²) in [6.45, 7) is 15.2. The number of ether oxygens (including phenoxy) is 1. The summed E-state index contributed by atoms with van der Waals surface area (Å²) >= 11 is 0. The maximum atomic E-state index is 14.3. The lowest BCUT2D eigenvalue weighted by atomic mass is 9.54. The van der Waals surface area contributed by atoms with Crippen molar-refractivity contribution in [2.45, 2.75) is 71.1 Å². The Morgan fingerprint density at radius 3 is 1.68 bits per heavy atom. The summed E-state index contributed by atoms with van der Waals surface area (Å²) < 4.78 is 5.17. The first kappa shape index (κ1) is 26.5. The van der Waals surface area contributed by atoms with E-state index in [-0.39, 0.29) is 41.1 Å². The van der Waals surface area contributed by atoms with Gasteiger partial charge in [-0.05, 0) is 69.3 Å². The number of esters is 1. The van der Waals surface area contributed by atoms with E-state index < -0.39 is 17.8 Å². The van der Waals surface area contributed by atoms with Gasteiger partial charge in [0.1, 0.15) is 0 Å². The van der Waals surface area contributed by atoms with Crippen molar-refractivity contribution >= 4 is 23.5 Å². The Hall–Kier alpha value is -3.73. The molecular formula is C35H37NO4. The average Bonchev–Trinajstić information content (AvgIpc) is 3.17. The number of nitrogens with zero attached hydrogens (tertiary/aromatic N) is 1. The molecule has 7 rings (SSSR count). The number of hydrogen-bond acceptors (Lipinski definition) is 4. The highest BCUT2D eigenvalue weighted by molar-refractivity contribution is 6.23. The molecule has 3 aliphatic carbocycles. The number of hydrogen-bond donors (Lipinski definition) is 0. The van der Waals surface area contributed by atoms with Gasteiger partial charge in [0, 0.05) is 11.8 Å². The van der Waals surface area contributed by atoms with Crippen molar-refractivity contribution in [1.82, 2.24) is 0 Å². The second-order valence-corrected chi connectivity index (χ2v) is 13.5. The van der Waals surface area contributed by atoms with Crippen molar-refractivity contribution in [3.8, 4) is 0 Å². The van der Waals surface area contributed by atoms with Gasteiger partial charge in [0.15, 0.2) is 0 Å². The Labute approximate surface area is 236 Å². The zero-order valence-electron chi connectivity index (χ0n) is 24.4. The summed E-state index contributed by atoms with van der Waals surface area (Å²) in [6, 6.07) is 20.0. The van der Waals surface area contributed by atoms with Crippen LogP contribution in [0, 0.1) is 11.8 Å². The molecule has 0 aromatic heterocycles. The Morgan fingerprint density at radius 2 is 1.23 bits per heavy atom. The predicted octanol–water partition coefficient (Wildman–Crippen LogP) is 6.85. The van der Waals surface area contributed by atoms with Crippen molar-refractivity contribution in [1.29, 1.82) is 0 Å². The summed E-state index contributed by atoms with van der Waals surface area (Å²) in [5, 5.41) is 0. The van der Waals surface area contributed by atoms with Gasteiger partial charge in [0.2, 0.25) is 11.8 Å². The third kappa shape index (κ3) is 3.85. The first-order chi connectivity index (χ1) is 18.8. The molecule has 206 valence electrons. The monoisotopic (exact) mass is 535 g/mol. The summed E-state index contributed by atoms with van der Waals surface area (Å²) in [5.41, 5.74) is 7.75. The molecule has 0 N–H and O–H groups in total. The zero-order chi connectivity index (χ0) is 28.7. The molecule has 2 amide bonds. The Bertz CT molecular complexity index is 1480. The normalized spacial score (nSPS) is 23.1. The molecule has 1 fully saturated rings. The number of anilines is 1. The van der Waals surface area contributed by atoms with Crippen LogP contribution in [0.4, 0.5) is 5.69 Å². The van der Waals surface area contributed by atoms with Gasteiger partial charge in [-0.15, -0.1) is 0 Å². The molecule has 1 saturated heterocycles. The number of benzene rings is 3. The molecule has 1 heterocycles. The van der Waals surface area contributed by atoms with E-state index in [4.69, 9.17) is 4.74 Å². The third-order valence-electron chi connectivity index (χ3n) is 8.98. The quantitative estimate of drug-likeness (QED) is 0.272. The van der Waals surface area contributed by atoms with Gasteiger partial charge < -0.3 is 4.74 Å². The fourth-order valence-corrected chi connectivity index (χ4v) is 6.95. The maximum Gasteiger partial charge on any atom is 0.338 e. The highest BCUT2D eigenvalue weighted by Gasteiger charge is 2.62. The first-order valence-corrected chi connectivity index (χ1v) is 14.3. The van der Waals surface area contributed by atoms with Crippen LogP contribution in [0.3, 0.4) is 0 Å². The minimum atomic E-state index is -0.487. The Balaban J connectivity index is 1.52. The topological polar surface area (TPSA) is 63.7 Å². The van der Waals surface area contributed by atoms with Crippen LogP contribution in [0.25, 0.3) is 0 Å². The number of amides is 2. The zero-order valence-corrected chi connectivity index (χ0v) is 24.4. The number of rotatable bonds is 3.